The summed E-state index contributed by atoms with van der Waals surface area (Å²) in [7, 11) is 1.26. The number of carbonyl (C=O) groups excluding carboxylic acids is 1. The van der Waals surface area contributed by atoms with Gasteiger partial charge < -0.3 is 20.2 Å². The monoisotopic (exact) mass is 320 g/mol. The van der Waals surface area contributed by atoms with Gasteiger partial charge >= 0.3 is 12.1 Å². The van der Waals surface area contributed by atoms with Crippen molar-refractivity contribution in [3.63, 3.8) is 0 Å². The number of nitrogens with two attached hydrogens (primary N) is 1. The lowest BCUT2D eigenvalue weighted by Gasteiger charge is -2.21. The van der Waals surface area contributed by atoms with Crippen molar-refractivity contribution >= 4 is 35.1 Å². The average Bonchev–Trinajstić information content (AvgIpc) is 2.95. The van der Waals surface area contributed by atoms with Crippen LogP contribution in [0.4, 0.5) is 22.6 Å². The minimum absolute atomic E-state index is 0.00698. The smallest absolute Gasteiger partial charge is 0.414 e. The molecule has 1 aliphatic rings. The van der Waals surface area contributed by atoms with E-state index in [1.165, 1.54) is 39.2 Å². The van der Waals surface area contributed by atoms with E-state index in [0.717, 1.165) is 6.54 Å². The maximum Gasteiger partial charge on any atom is 0.414 e. The van der Waals surface area contributed by atoms with Crippen molar-refractivity contribution in [1.29, 1.82) is 0 Å². The Labute approximate surface area is 133 Å². The van der Waals surface area contributed by atoms with E-state index in [-0.39, 0.29) is 17.7 Å². The lowest BCUT2D eigenvalue weighted by Crippen LogP contribution is -2.18. The summed E-state index contributed by atoms with van der Waals surface area (Å²) in [6.07, 6.45) is 5.60. The fourth-order valence-corrected chi connectivity index (χ4v) is 2.79. The Morgan fingerprint density at radius 3 is 2.83 bits per heavy atom. The SMILES string of the molecule is COC(=O)Nc1nc2c(NCC3CCCCC3)nc(N)nc2o1. The van der Waals surface area contributed by atoms with E-state index >= 15 is 0 Å². The molecule has 1 amide bonds. The molecule has 0 radical (unpaired) electrons. The standard InChI is InChI=1S/C14H20N6O3/c1-22-14(21)20-13-17-9-10(18-12(15)19-11(9)23-13)16-7-8-5-3-2-4-6-8/h8H,2-7H2,1H3,(H,17,20,21)(H3,15,16,18,19). The summed E-state index contributed by atoms with van der Waals surface area (Å²) in [6.45, 7) is 0.804. The number of nitrogen functional groups attached to an aromatic ring is 1. The molecule has 124 valence electrons. The van der Waals surface area contributed by atoms with E-state index in [1.54, 1.807) is 0 Å². The van der Waals surface area contributed by atoms with Crippen molar-refractivity contribution in [3.05, 3.63) is 0 Å². The number of fused-ring (bicyclic) bond motifs is 1. The highest BCUT2D eigenvalue weighted by Crippen LogP contribution is 2.27. The highest BCUT2D eigenvalue weighted by Gasteiger charge is 2.18. The van der Waals surface area contributed by atoms with E-state index < -0.39 is 6.09 Å². The van der Waals surface area contributed by atoms with Crippen molar-refractivity contribution in [2.24, 2.45) is 5.92 Å². The zero-order chi connectivity index (χ0) is 16.2. The van der Waals surface area contributed by atoms with Crippen LogP contribution in [0.2, 0.25) is 0 Å². The van der Waals surface area contributed by atoms with Crippen molar-refractivity contribution in [3.8, 4) is 0 Å². The van der Waals surface area contributed by atoms with Gasteiger partial charge in [0.05, 0.1) is 7.11 Å². The van der Waals surface area contributed by atoms with Crippen LogP contribution in [-0.2, 0) is 4.74 Å². The Morgan fingerprint density at radius 1 is 1.30 bits per heavy atom. The first-order valence-corrected chi connectivity index (χ1v) is 7.68. The Balaban J connectivity index is 1.79. The summed E-state index contributed by atoms with van der Waals surface area (Å²) in [5.74, 6) is 1.22. The first-order chi connectivity index (χ1) is 11.2. The minimum Gasteiger partial charge on any atom is -0.453 e. The maximum atomic E-state index is 11.2. The van der Waals surface area contributed by atoms with Crippen LogP contribution in [0.25, 0.3) is 11.2 Å². The molecule has 0 spiro atoms. The molecule has 2 aromatic heterocycles. The molecule has 0 saturated heterocycles. The summed E-state index contributed by atoms with van der Waals surface area (Å²) < 4.78 is 9.86. The number of rotatable bonds is 4. The number of aromatic nitrogens is 3. The van der Waals surface area contributed by atoms with Gasteiger partial charge in [0, 0.05) is 6.54 Å². The van der Waals surface area contributed by atoms with E-state index in [0.29, 0.717) is 17.3 Å². The fraction of sp³-hybridized carbons (Fsp3) is 0.571. The molecule has 0 aliphatic heterocycles. The van der Waals surface area contributed by atoms with Crippen LogP contribution in [0, 0.1) is 5.92 Å². The number of carbonyl (C=O) groups is 1. The Morgan fingerprint density at radius 2 is 2.09 bits per heavy atom. The third-order valence-electron chi connectivity index (χ3n) is 3.95. The summed E-state index contributed by atoms with van der Waals surface area (Å²) in [5.41, 5.74) is 6.36. The van der Waals surface area contributed by atoms with Gasteiger partial charge in [-0.15, -0.1) is 0 Å². The zero-order valence-corrected chi connectivity index (χ0v) is 13.0. The Bertz CT molecular complexity index is 695. The largest absolute Gasteiger partial charge is 0.453 e. The number of oxazole rings is 1. The van der Waals surface area contributed by atoms with Crippen LogP contribution in [-0.4, -0.2) is 34.7 Å². The normalized spacial score (nSPS) is 15.5. The number of nitrogens with one attached hydrogen (secondary N) is 2. The molecular weight excluding hydrogens is 300 g/mol. The van der Waals surface area contributed by atoms with Gasteiger partial charge in [0.2, 0.25) is 5.95 Å². The topological polar surface area (TPSA) is 128 Å². The van der Waals surface area contributed by atoms with E-state index in [1.807, 2.05) is 0 Å². The lowest BCUT2D eigenvalue weighted by molar-refractivity contribution is 0.186. The highest BCUT2D eigenvalue weighted by atomic mass is 16.5. The summed E-state index contributed by atoms with van der Waals surface area (Å²) in [6, 6.07) is -0.00698. The molecule has 1 saturated carbocycles. The average molecular weight is 320 g/mol. The van der Waals surface area contributed by atoms with Gasteiger partial charge in [-0.3, -0.25) is 0 Å². The Kier molecular flexibility index (Phi) is 4.45. The van der Waals surface area contributed by atoms with Crippen molar-refractivity contribution in [2.75, 3.05) is 30.0 Å². The molecule has 23 heavy (non-hydrogen) atoms. The molecule has 0 atom stereocenters. The molecule has 1 aliphatic carbocycles. The number of ether oxygens (including phenoxy) is 1. The van der Waals surface area contributed by atoms with Crippen molar-refractivity contribution < 1.29 is 13.9 Å². The van der Waals surface area contributed by atoms with Crippen LogP contribution < -0.4 is 16.4 Å². The highest BCUT2D eigenvalue weighted by molar-refractivity contribution is 5.87. The molecular formula is C14H20N6O3. The molecule has 1 fully saturated rings. The molecule has 0 unspecified atom stereocenters. The van der Waals surface area contributed by atoms with Gasteiger partial charge in [0.1, 0.15) is 0 Å². The molecule has 4 N–H and O–H groups in total. The van der Waals surface area contributed by atoms with Gasteiger partial charge in [0.25, 0.3) is 5.71 Å². The number of methoxy groups -OCH3 is 1. The van der Waals surface area contributed by atoms with Crippen LogP contribution in [0.5, 0.6) is 0 Å². The van der Waals surface area contributed by atoms with Crippen molar-refractivity contribution in [2.45, 2.75) is 32.1 Å². The molecule has 9 nitrogen and oxygen atoms in total. The van der Waals surface area contributed by atoms with Gasteiger partial charge in [0.15, 0.2) is 11.3 Å². The fourth-order valence-electron chi connectivity index (χ4n) is 2.79. The molecule has 2 heterocycles. The van der Waals surface area contributed by atoms with E-state index in [2.05, 4.69) is 30.3 Å². The third kappa shape index (κ3) is 3.61. The van der Waals surface area contributed by atoms with Crippen LogP contribution in [0.1, 0.15) is 32.1 Å². The third-order valence-corrected chi connectivity index (χ3v) is 3.95. The quantitative estimate of drug-likeness (QED) is 0.783. The minimum atomic E-state index is -0.672. The lowest BCUT2D eigenvalue weighted by atomic mass is 9.89. The number of anilines is 3. The van der Waals surface area contributed by atoms with E-state index in [4.69, 9.17) is 10.2 Å². The number of amides is 1. The molecule has 2 aromatic rings. The van der Waals surface area contributed by atoms with Crippen LogP contribution in [0.15, 0.2) is 4.42 Å². The molecule has 0 aromatic carbocycles. The predicted molar refractivity (Wildman–Crippen MR) is 85.1 cm³/mol. The first-order valence-electron chi connectivity index (χ1n) is 7.68. The number of nitrogens with zero attached hydrogens (tertiary/aromatic N) is 3. The summed E-state index contributed by atoms with van der Waals surface area (Å²) in [5, 5.41) is 5.64. The van der Waals surface area contributed by atoms with Crippen molar-refractivity contribution in [1.82, 2.24) is 15.0 Å². The maximum absolute atomic E-state index is 11.2. The Hall–Kier alpha value is -2.58. The zero-order valence-electron chi connectivity index (χ0n) is 13.0. The molecule has 0 bridgehead atoms. The number of hydrogen-bond donors (Lipinski definition) is 3. The summed E-state index contributed by atoms with van der Waals surface area (Å²) >= 11 is 0. The second kappa shape index (κ2) is 6.67. The van der Waals surface area contributed by atoms with Gasteiger partial charge in [-0.25, -0.2) is 10.1 Å². The second-order valence-corrected chi connectivity index (χ2v) is 5.60. The molecule has 3 rings (SSSR count). The van der Waals surface area contributed by atoms with Gasteiger partial charge in [-0.05, 0) is 18.8 Å². The van der Waals surface area contributed by atoms with E-state index in [9.17, 15) is 4.79 Å². The van der Waals surface area contributed by atoms with Gasteiger partial charge in [-0.1, -0.05) is 19.3 Å². The van der Waals surface area contributed by atoms with Crippen LogP contribution >= 0.6 is 0 Å². The van der Waals surface area contributed by atoms with Gasteiger partial charge in [-0.2, -0.15) is 15.0 Å². The molecule has 9 heteroatoms. The number of hydrogen-bond acceptors (Lipinski definition) is 8. The van der Waals surface area contributed by atoms with Crippen LogP contribution in [0.3, 0.4) is 0 Å². The summed E-state index contributed by atoms with van der Waals surface area (Å²) in [4.78, 5) is 23.6. The second-order valence-electron chi connectivity index (χ2n) is 5.60. The first kappa shape index (κ1) is 15.3. The predicted octanol–water partition coefficient (Wildman–Crippen LogP) is 2.37.